The van der Waals surface area contributed by atoms with Crippen LogP contribution in [0.2, 0.25) is 0 Å². The summed E-state index contributed by atoms with van der Waals surface area (Å²) in [5, 5.41) is 0.569. The number of carbonyl (C=O) groups is 1. The maximum absolute atomic E-state index is 13.4. The van der Waals surface area contributed by atoms with Crippen molar-refractivity contribution in [2.45, 2.75) is 43.2 Å². The average molecular weight is 468 g/mol. The van der Waals surface area contributed by atoms with Gasteiger partial charge in [0.15, 0.2) is 0 Å². The number of nitrogens with zero attached hydrogens (tertiary/aromatic N) is 3. The van der Waals surface area contributed by atoms with Gasteiger partial charge in [-0.25, -0.2) is 4.98 Å². The molecule has 0 saturated carbocycles. The van der Waals surface area contributed by atoms with Crippen molar-refractivity contribution in [3.63, 3.8) is 0 Å². The third-order valence-electron chi connectivity index (χ3n) is 5.14. The second-order valence-corrected chi connectivity index (χ2v) is 9.98. The summed E-state index contributed by atoms with van der Waals surface area (Å²) < 4.78 is 2.05. The molecule has 0 N–H and O–H groups in total. The van der Waals surface area contributed by atoms with Crippen LogP contribution < -0.4 is 5.56 Å². The molecule has 1 aliphatic heterocycles. The summed E-state index contributed by atoms with van der Waals surface area (Å²) in [4.78, 5) is 34.3. The molecular formula is C23H21N3O2S3. The van der Waals surface area contributed by atoms with Gasteiger partial charge >= 0.3 is 0 Å². The summed E-state index contributed by atoms with van der Waals surface area (Å²) in [6.07, 6.45) is 4.15. The molecule has 1 aliphatic rings. The van der Waals surface area contributed by atoms with Crippen molar-refractivity contribution in [2.75, 3.05) is 0 Å². The van der Waals surface area contributed by atoms with E-state index in [-0.39, 0.29) is 17.5 Å². The molecule has 8 heteroatoms. The summed E-state index contributed by atoms with van der Waals surface area (Å²) in [6.45, 7) is 5.92. The predicted octanol–water partition coefficient (Wildman–Crippen LogP) is 5.15. The first-order chi connectivity index (χ1) is 14.9. The Morgan fingerprint density at radius 2 is 1.94 bits per heavy atom. The van der Waals surface area contributed by atoms with Gasteiger partial charge in [0.05, 0.1) is 10.5 Å². The molecule has 0 bridgehead atoms. The number of thioether (sulfide) groups is 1. The second-order valence-electron chi connectivity index (χ2n) is 7.24. The van der Waals surface area contributed by atoms with E-state index in [9.17, 15) is 9.59 Å². The Bertz CT molecular complexity index is 1270. The molecule has 4 rings (SSSR count). The largest absolute Gasteiger partial charge is 0.290 e. The third-order valence-corrected chi connectivity index (χ3v) is 7.48. The Morgan fingerprint density at radius 3 is 2.65 bits per heavy atom. The number of fused-ring (bicyclic) bond motifs is 1. The van der Waals surface area contributed by atoms with Crippen LogP contribution in [0.15, 0.2) is 68.3 Å². The normalized spacial score (nSPS) is 16.5. The van der Waals surface area contributed by atoms with Crippen molar-refractivity contribution in [2.24, 2.45) is 0 Å². The molecule has 1 atom stereocenters. The number of benzene rings is 1. The number of hydrogen-bond acceptors (Lipinski definition) is 6. The van der Waals surface area contributed by atoms with Crippen molar-refractivity contribution >= 4 is 57.7 Å². The van der Waals surface area contributed by atoms with E-state index in [0.29, 0.717) is 25.5 Å². The molecule has 3 heterocycles. The van der Waals surface area contributed by atoms with Gasteiger partial charge in [0.2, 0.25) is 0 Å². The van der Waals surface area contributed by atoms with Gasteiger partial charge in [-0.15, -0.1) is 0 Å². The van der Waals surface area contributed by atoms with Gasteiger partial charge in [-0.2, -0.15) is 0 Å². The summed E-state index contributed by atoms with van der Waals surface area (Å²) in [6, 6.07) is 13.5. The molecule has 0 unspecified atom stereocenters. The molecule has 1 amide bonds. The highest BCUT2D eigenvalue weighted by Gasteiger charge is 2.35. The summed E-state index contributed by atoms with van der Waals surface area (Å²) in [5.74, 6) is -0.159. The molecule has 0 aliphatic carbocycles. The van der Waals surface area contributed by atoms with Crippen LogP contribution in [-0.2, 0) is 4.79 Å². The van der Waals surface area contributed by atoms with Crippen LogP contribution in [0.5, 0.6) is 0 Å². The van der Waals surface area contributed by atoms with Crippen molar-refractivity contribution in [3.05, 3.63) is 75.0 Å². The predicted molar refractivity (Wildman–Crippen MR) is 132 cm³/mol. The van der Waals surface area contributed by atoms with Crippen LogP contribution in [0.1, 0.15) is 31.4 Å². The van der Waals surface area contributed by atoms with E-state index >= 15 is 0 Å². The number of thiocarbonyl (C=S) groups is 1. The number of aromatic nitrogens is 2. The van der Waals surface area contributed by atoms with Crippen molar-refractivity contribution in [1.29, 1.82) is 0 Å². The third kappa shape index (κ3) is 4.20. The molecule has 2 aromatic heterocycles. The molecule has 158 valence electrons. The van der Waals surface area contributed by atoms with E-state index in [2.05, 4.69) is 0 Å². The van der Waals surface area contributed by atoms with E-state index in [1.807, 2.05) is 63.2 Å². The lowest BCUT2D eigenvalue weighted by atomic mass is 10.2. The van der Waals surface area contributed by atoms with Crippen LogP contribution >= 0.6 is 35.7 Å². The molecule has 1 fully saturated rings. The van der Waals surface area contributed by atoms with Gasteiger partial charge in [-0.05, 0) is 50.1 Å². The summed E-state index contributed by atoms with van der Waals surface area (Å²) in [5.41, 5.74) is 1.70. The summed E-state index contributed by atoms with van der Waals surface area (Å²) in [7, 11) is 0. The first-order valence-corrected chi connectivity index (χ1v) is 12.0. The standard InChI is InChI=1S/C23H21N3O2S3/c1-4-15(3)26-22(28)18(31-23(26)29)13-17-20(30-16-10-6-5-7-11-16)24-19-14(2)9-8-12-25(19)21(17)27/h5-13,15H,4H2,1-3H3/b18-13-/t15-/m1/s1. The van der Waals surface area contributed by atoms with E-state index in [4.69, 9.17) is 17.2 Å². The van der Waals surface area contributed by atoms with Crippen LogP contribution in [0.3, 0.4) is 0 Å². The first-order valence-electron chi connectivity index (χ1n) is 9.92. The zero-order valence-electron chi connectivity index (χ0n) is 17.4. The van der Waals surface area contributed by atoms with Crippen molar-refractivity contribution < 1.29 is 4.79 Å². The Kier molecular flexibility index (Phi) is 6.31. The van der Waals surface area contributed by atoms with E-state index in [1.54, 1.807) is 17.2 Å². The second kappa shape index (κ2) is 8.98. The average Bonchev–Trinajstić information content (AvgIpc) is 3.04. The Hall–Kier alpha value is -2.42. The van der Waals surface area contributed by atoms with Gasteiger partial charge in [-0.1, -0.05) is 66.9 Å². The maximum Gasteiger partial charge on any atom is 0.266 e. The molecule has 3 aromatic rings. The number of rotatable bonds is 5. The van der Waals surface area contributed by atoms with Gasteiger partial charge < -0.3 is 0 Å². The Labute approximate surface area is 194 Å². The van der Waals surface area contributed by atoms with Gasteiger partial charge in [-0.3, -0.25) is 18.9 Å². The first kappa shape index (κ1) is 21.8. The van der Waals surface area contributed by atoms with Gasteiger partial charge in [0.1, 0.15) is 15.0 Å². The van der Waals surface area contributed by atoms with Crippen LogP contribution in [0.4, 0.5) is 0 Å². The maximum atomic E-state index is 13.4. The Morgan fingerprint density at radius 1 is 1.19 bits per heavy atom. The minimum Gasteiger partial charge on any atom is -0.290 e. The minimum atomic E-state index is -0.207. The quantitative estimate of drug-likeness (QED) is 0.294. The van der Waals surface area contributed by atoms with Crippen LogP contribution in [0, 0.1) is 6.92 Å². The molecule has 5 nitrogen and oxygen atoms in total. The van der Waals surface area contributed by atoms with E-state index in [0.717, 1.165) is 16.9 Å². The fourth-order valence-electron chi connectivity index (χ4n) is 3.27. The number of amides is 1. The Balaban J connectivity index is 1.88. The summed E-state index contributed by atoms with van der Waals surface area (Å²) >= 11 is 8.09. The van der Waals surface area contributed by atoms with Crippen LogP contribution in [0.25, 0.3) is 11.7 Å². The lowest BCUT2D eigenvalue weighted by molar-refractivity contribution is -0.123. The molecule has 1 aromatic carbocycles. The zero-order valence-corrected chi connectivity index (χ0v) is 19.8. The number of aryl methyl sites for hydroxylation is 1. The number of hydrogen-bond donors (Lipinski definition) is 0. The molecule has 1 saturated heterocycles. The zero-order chi connectivity index (χ0) is 22.1. The fraction of sp³-hybridized carbons (Fsp3) is 0.217. The minimum absolute atomic E-state index is 0.00930. The number of pyridine rings is 1. The lowest BCUT2D eigenvalue weighted by Crippen LogP contribution is -2.36. The molecule has 0 spiro atoms. The molecular weight excluding hydrogens is 446 g/mol. The molecule has 31 heavy (non-hydrogen) atoms. The highest BCUT2D eigenvalue weighted by Crippen LogP contribution is 2.36. The van der Waals surface area contributed by atoms with E-state index < -0.39 is 0 Å². The fourth-order valence-corrected chi connectivity index (χ4v) is 5.62. The smallest absolute Gasteiger partial charge is 0.266 e. The monoisotopic (exact) mass is 467 g/mol. The SMILES string of the molecule is CC[C@@H](C)N1C(=O)/C(=C/c2c(Sc3ccccc3)nc3c(C)cccn3c2=O)SC1=S. The highest BCUT2D eigenvalue weighted by atomic mass is 32.2. The van der Waals surface area contributed by atoms with E-state index in [1.165, 1.54) is 27.9 Å². The topological polar surface area (TPSA) is 54.7 Å². The molecule has 0 radical (unpaired) electrons. The number of carbonyl (C=O) groups excluding carboxylic acids is 1. The highest BCUT2D eigenvalue weighted by molar-refractivity contribution is 8.26. The van der Waals surface area contributed by atoms with Crippen molar-refractivity contribution in [3.8, 4) is 0 Å². The van der Waals surface area contributed by atoms with Gasteiger partial charge in [0.25, 0.3) is 11.5 Å². The van der Waals surface area contributed by atoms with Gasteiger partial charge in [0, 0.05) is 17.1 Å². The van der Waals surface area contributed by atoms with Crippen LogP contribution in [-0.4, -0.2) is 30.6 Å². The lowest BCUT2D eigenvalue weighted by Gasteiger charge is -2.21. The van der Waals surface area contributed by atoms with Crippen molar-refractivity contribution in [1.82, 2.24) is 14.3 Å².